The maximum atomic E-state index is 11.0. The summed E-state index contributed by atoms with van der Waals surface area (Å²) in [5, 5.41) is 6.23. The average molecular weight is 254 g/mol. The van der Waals surface area contributed by atoms with Gasteiger partial charge in [0, 0.05) is 5.02 Å². The lowest BCUT2D eigenvalue weighted by molar-refractivity contribution is 0.176. The second kappa shape index (κ2) is 5.05. The number of nitrogens with one attached hydrogen (secondary N) is 2. The summed E-state index contributed by atoms with van der Waals surface area (Å²) in [7, 11) is 1.30. The van der Waals surface area contributed by atoms with Gasteiger partial charge >= 0.3 is 6.09 Å². The number of hydrogen-bond donors (Lipinski definition) is 2. The first-order chi connectivity index (χ1) is 8.20. The first kappa shape index (κ1) is 11.7. The van der Waals surface area contributed by atoms with Crippen LogP contribution in [-0.4, -0.2) is 25.7 Å². The first-order valence-electron chi connectivity index (χ1n) is 5.11. The molecule has 6 heteroatoms. The number of rotatable bonds is 1. The third-order valence-corrected chi connectivity index (χ3v) is 2.77. The number of halogens is 1. The van der Waals surface area contributed by atoms with Crippen molar-refractivity contribution in [3.05, 3.63) is 34.9 Å². The molecule has 90 valence electrons. The van der Waals surface area contributed by atoms with Crippen LogP contribution in [-0.2, 0) is 4.74 Å². The van der Waals surface area contributed by atoms with Crippen LogP contribution in [0.4, 0.5) is 4.79 Å². The monoisotopic (exact) mass is 253 g/mol. The average Bonchev–Trinajstić information content (AvgIpc) is 2.78. The van der Waals surface area contributed by atoms with E-state index in [2.05, 4.69) is 20.4 Å². The lowest BCUT2D eigenvalue weighted by Gasteiger charge is -2.13. The molecule has 0 aromatic heterocycles. The Morgan fingerprint density at radius 1 is 1.59 bits per heavy atom. The number of aliphatic imine (C=N–C) groups is 1. The second-order valence-corrected chi connectivity index (χ2v) is 3.93. The highest BCUT2D eigenvalue weighted by Crippen LogP contribution is 2.24. The summed E-state index contributed by atoms with van der Waals surface area (Å²) in [6, 6.07) is 7.51. The number of nitrogens with zero attached hydrogens (tertiary/aromatic N) is 1. The molecule has 1 atom stereocenters. The Labute approximate surface area is 104 Å². The van der Waals surface area contributed by atoms with Gasteiger partial charge in [0.2, 0.25) is 5.96 Å². The second-order valence-electron chi connectivity index (χ2n) is 3.52. The number of methoxy groups -OCH3 is 1. The highest BCUT2D eigenvalue weighted by Gasteiger charge is 2.22. The van der Waals surface area contributed by atoms with Gasteiger partial charge in [-0.1, -0.05) is 29.8 Å². The Bertz CT molecular complexity index is 462. The predicted octanol–water partition coefficient (Wildman–Crippen LogP) is 1.70. The van der Waals surface area contributed by atoms with Gasteiger partial charge in [-0.15, -0.1) is 0 Å². The zero-order chi connectivity index (χ0) is 12.3. The van der Waals surface area contributed by atoms with E-state index in [-0.39, 0.29) is 6.04 Å². The van der Waals surface area contributed by atoms with Gasteiger partial charge in [0.15, 0.2) is 0 Å². The van der Waals surface area contributed by atoms with Crippen LogP contribution in [0.5, 0.6) is 0 Å². The molecule has 1 aliphatic rings. The largest absolute Gasteiger partial charge is 0.453 e. The molecule has 5 nitrogen and oxygen atoms in total. The van der Waals surface area contributed by atoms with Gasteiger partial charge < -0.3 is 10.1 Å². The van der Waals surface area contributed by atoms with Crippen molar-refractivity contribution in [1.29, 1.82) is 0 Å². The molecular weight excluding hydrogens is 242 g/mol. The normalized spacial score (nSPS) is 18.2. The van der Waals surface area contributed by atoms with Crippen LogP contribution < -0.4 is 10.6 Å². The molecule has 0 radical (unpaired) electrons. The zero-order valence-corrected chi connectivity index (χ0v) is 9.99. The molecule has 0 fully saturated rings. The third-order valence-electron chi connectivity index (χ3n) is 2.43. The standard InChI is InChI=1S/C11H12ClN3O2/c1-17-11(16)15-10-13-6-9(14-10)7-4-2-3-5-8(7)12/h2-5,9H,6H2,1H3,(H2,13,14,15,16). The maximum absolute atomic E-state index is 11.0. The number of carbonyl (C=O) groups excluding carboxylic acids is 1. The van der Waals surface area contributed by atoms with E-state index in [0.717, 1.165) is 5.56 Å². The summed E-state index contributed by atoms with van der Waals surface area (Å²) in [5.74, 6) is 0.404. The van der Waals surface area contributed by atoms with Gasteiger partial charge in [-0.2, -0.15) is 0 Å². The molecule has 2 N–H and O–H groups in total. The fourth-order valence-corrected chi connectivity index (χ4v) is 1.86. The minimum absolute atomic E-state index is 0.0177. The fourth-order valence-electron chi connectivity index (χ4n) is 1.60. The van der Waals surface area contributed by atoms with Crippen molar-refractivity contribution < 1.29 is 9.53 Å². The van der Waals surface area contributed by atoms with Crippen LogP contribution in [0, 0.1) is 0 Å². The minimum atomic E-state index is -0.545. The number of alkyl carbamates (subject to hydrolysis) is 1. The van der Waals surface area contributed by atoms with E-state index in [1.54, 1.807) is 0 Å². The van der Waals surface area contributed by atoms with Crippen LogP contribution in [0.3, 0.4) is 0 Å². The summed E-state index contributed by atoms with van der Waals surface area (Å²) >= 11 is 6.08. The van der Waals surface area contributed by atoms with Crippen LogP contribution in [0.1, 0.15) is 11.6 Å². The van der Waals surface area contributed by atoms with E-state index in [4.69, 9.17) is 11.6 Å². The lowest BCUT2D eigenvalue weighted by atomic mass is 10.1. The molecule has 1 aliphatic heterocycles. The van der Waals surface area contributed by atoms with Crippen molar-refractivity contribution in [2.75, 3.05) is 13.7 Å². The van der Waals surface area contributed by atoms with Crippen LogP contribution in [0.25, 0.3) is 0 Å². The maximum Gasteiger partial charge on any atom is 0.413 e. The highest BCUT2D eigenvalue weighted by atomic mass is 35.5. The van der Waals surface area contributed by atoms with Crippen LogP contribution in [0.2, 0.25) is 5.02 Å². The van der Waals surface area contributed by atoms with E-state index in [1.807, 2.05) is 24.3 Å². The molecule has 0 saturated carbocycles. The molecule has 1 aromatic rings. The fraction of sp³-hybridized carbons (Fsp3) is 0.273. The summed E-state index contributed by atoms with van der Waals surface area (Å²) in [4.78, 5) is 15.2. The molecule has 1 aromatic carbocycles. The Morgan fingerprint density at radius 3 is 3.06 bits per heavy atom. The SMILES string of the molecule is COC(=O)NC1=NCC(c2ccccc2Cl)N1. The lowest BCUT2D eigenvalue weighted by Crippen LogP contribution is -2.39. The Balaban J connectivity index is 2.01. The quantitative estimate of drug-likeness (QED) is 0.801. The van der Waals surface area contributed by atoms with Crippen molar-refractivity contribution in [1.82, 2.24) is 10.6 Å². The molecule has 0 bridgehead atoms. The zero-order valence-electron chi connectivity index (χ0n) is 9.24. The summed E-state index contributed by atoms with van der Waals surface area (Å²) in [6.07, 6.45) is -0.545. The Hall–Kier alpha value is -1.75. The molecule has 0 spiro atoms. The minimum Gasteiger partial charge on any atom is -0.453 e. The number of amides is 1. The van der Waals surface area contributed by atoms with Crippen molar-refractivity contribution >= 4 is 23.7 Å². The van der Waals surface area contributed by atoms with E-state index in [0.29, 0.717) is 17.5 Å². The van der Waals surface area contributed by atoms with Gasteiger partial charge in [0.1, 0.15) is 0 Å². The highest BCUT2D eigenvalue weighted by molar-refractivity contribution is 6.31. The smallest absolute Gasteiger partial charge is 0.413 e. The predicted molar refractivity (Wildman–Crippen MR) is 65.2 cm³/mol. The van der Waals surface area contributed by atoms with Crippen molar-refractivity contribution in [3.8, 4) is 0 Å². The van der Waals surface area contributed by atoms with Gasteiger partial charge in [0.25, 0.3) is 0 Å². The number of benzene rings is 1. The topological polar surface area (TPSA) is 62.7 Å². The Morgan fingerprint density at radius 2 is 2.35 bits per heavy atom. The van der Waals surface area contributed by atoms with Crippen molar-refractivity contribution in [2.24, 2.45) is 4.99 Å². The third kappa shape index (κ3) is 2.68. The number of ether oxygens (including phenoxy) is 1. The van der Waals surface area contributed by atoms with E-state index < -0.39 is 6.09 Å². The molecule has 0 aliphatic carbocycles. The van der Waals surface area contributed by atoms with E-state index in [1.165, 1.54) is 7.11 Å². The first-order valence-corrected chi connectivity index (χ1v) is 5.49. The molecule has 1 heterocycles. The van der Waals surface area contributed by atoms with Gasteiger partial charge in [-0.25, -0.2) is 4.79 Å². The van der Waals surface area contributed by atoms with Crippen molar-refractivity contribution in [2.45, 2.75) is 6.04 Å². The van der Waals surface area contributed by atoms with Crippen molar-refractivity contribution in [3.63, 3.8) is 0 Å². The van der Waals surface area contributed by atoms with Crippen LogP contribution >= 0.6 is 11.6 Å². The molecule has 17 heavy (non-hydrogen) atoms. The Kier molecular flexibility index (Phi) is 3.49. The molecular formula is C11H12ClN3O2. The number of hydrogen-bond acceptors (Lipinski definition) is 4. The summed E-state index contributed by atoms with van der Waals surface area (Å²) in [5.41, 5.74) is 0.958. The van der Waals surface area contributed by atoms with Gasteiger partial charge in [-0.3, -0.25) is 10.3 Å². The number of carbonyl (C=O) groups is 1. The molecule has 2 rings (SSSR count). The summed E-state index contributed by atoms with van der Waals surface area (Å²) in [6.45, 7) is 0.531. The molecule has 0 saturated heterocycles. The van der Waals surface area contributed by atoms with Gasteiger partial charge in [-0.05, 0) is 11.6 Å². The van der Waals surface area contributed by atoms with Gasteiger partial charge in [0.05, 0.1) is 19.7 Å². The van der Waals surface area contributed by atoms with E-state index >= 15 is 0 Å². The van der Waals surface area contributed by atoms with Crippen LogP contribution in [0.15, 0.2) is 29.3 Å². The van der Waals surface area contributed by atoms with E-state index in [9.17, 15) is 4.79 Å². The molecule has 1 unspecified atom stereocenters. The molecule has 1 amide bonds. The summed E-state index contributed by atoms with van der Waals surface area (Å²) < 4.78 is 4.48. The number of guanidine groups is 1.